The van der Waals surface area contributed by atoms with Crippen LogP contribution in [0.2, 0.25) is 0 Å². The number of guanidine groups is 1. The third-order valence-electron chi connectivity index (χ3n) is 6.00. The van der Waals surface area contributed by atoms with E-state index in [0.29, 0.717) is 6.04 Å². The molecule has 154 valence electrons. The summed E-state index contributed by atoms with van der Waals surface area (Å²) < 4.78 is 0. The van der Waals surface area contributed by atoms with E-state index in [1.165, 1.54) is 4.90 Å². The number of aliphatic imine (C=N–C) groups is 1. The minimum absolute atomic E-state index is 0.0793. The highest BCUT2D eigenvalue weighted by Crippen LogP contribution is 2.51. The molecule has 4 aliphatic heterocycles. The Morgan fingerprint density at radius 3 is 2.79 bits per heavy atom. The smallest absolute Gasteiger partial charge is 0.353 e. The lowest BCUT2D eigenvalue weighted by molar-refractivity contribution is -0.163. The van der Waals surface area contributed by atoms with Crippen molar-refractivity contribution in [3.8, 4) is 0 Å². The van der Waals surface area contributed by atoms with Gasteiger partial charge in [-0.2, -0.15) is 0 Å². The molecule has 4 N–H and O–H groups in total. The largest absolute Gasteiger partial charge is 0.477 e. The van der Waals surface area contributed by atoms with E-state index < -0.39 is 18.0 Å². The van der Waals surface area contributed by atoms with E-state index in [1.54, 1.807) is 18.7 Å². The molecule has 1 unspecified atom stereocenters. The molecule has 4 aliphatic rings. The monoisotopic (exact) mass is 409 g/mol. The van der Waals surface area contributed by atoms with E-state index in [4.69, 9.17) is 0 Å². The number of hydrogen-bond donors (Lipinski definition) is 4. The summed E-state index contributed by atoms with van der Waals surface area (Å²) in [4.78, 5) is 33.1. The molecule has 28 heavy (non-hydrogen) atoms. The highest BCUT2D eigenvalue weighted by Gasteiger charge is 2.60. The maximum Gasteiger partial charge on any atom is 0.353 e. The highest BCUT2D eigenvalue weighted by atomic mass is 32.2. The van der Waals surface area contributed by atoms with Crippen LogP contribution in [0.25, 0.3) is 0 Å². The fraction of sp³-hybridized carbons (Fsp3) is 0.722. The summed E-state index contributed by atoms with van der Waals surface area (Å²) >= 11 is 1.56. The Balaban J connectivity index is 1.40. The van der Waals surface area contributed by atoms with Gasteiger partial charge in [-0.25, -0.2) is 4.79 Å². The van der Waals surface area contributed by atoms with E-state index in [0.717, 1.165) is 37.0 Å². The molecule has 0 aromatic rings. The number of hydrogen-bond acceptors (Lipinski definition) is 8. The quantitative estimate of drug-likeness (QED) is 0.417. The fourth-order valence-electron chi connectivity index (χ4n) is 4.57. The number of likely N-dealkylation sites (tertiary alicyclic amines) is 1. The summed E-state index contributed by atoms with van der Waals surface area (Å²) in [7, 11) is 1.92. The molecule has 0 saturated carbocycles. The lowest BCUT2D eigenvalue weighted by Crippen LogP contribution is -2.63. The van der Waals surface area contributed by atoms with Gasteiger partial charge in [0.2, 0.25) is 5.91 Å². The van der Waals surface area contributed by atoms with Crippen molar-refractivity contribution in [1.82, 2.24) is 20.4 Å². The van der Waals surface area contributed by atoms with Gasteiger partial charge >= 0.3 is 5.97 Å². The molecular weight excluding hydrogens is 382 g/mol. The zero-order valence-corrected chi connectivity index (χ0v) is 17.1. The summed E-state index contributed by atoms with van der Waals surface area (Å²) in [6.07, 6.45) is -0.771. The Morgan fingerprint density at radius 1 is 1.46 bits per heavy atom. The number of aliphatic hydroxyl groups is 1. The van der Waals surface area contributed by atoms with Crippen molar-refractivity contribution in [2.24, 2.45) is 16.8 Å². The predicted molar refractivity (Wildman–Crippen MR) is 106 cm³/mol. The molecule has 0 radical (unpaired) electrons. The summed E-state index contributed by atoms with van der Waals surface area (Å²) in [5.74, 6) is -1.03. The van der Waals surface area contributed by atoms with Crippen LogP contribution >= 0.6 is 11.8 Å². The van der Waals surface area contributed by atoms with Gasteiger partial charge < -0.3 is 30.6 Å². The van der Waals surface area contributed by atoms with Gasteiger partial charge in [-0.3, -0.25) is 9.79 Å². The van der Waals surface area contributed by atoms with Gasteiger partial charge in [-0.05, 0) is 14.0 Å². The minimum Gasteiger partial charge on any atom is -0.477 e. The van der Waals surface area contributed by atoms with Crippen molar-refractivity contribution in [1.29, 1.82) is 0 Å². The number of carboxylic acid groups (broad SMARTS) is 1. The normalized spacial score (nSPS) is 33.3. The van der Waals surface area contributed by atoms with Crippen molar-refractivity contribution < 1.29 is 19.8 Å². The molecule has 0 spiro atoms. The van der Waals surface area contributed by atoms with Crippen molar-refractivity contribution >= 4 is 29.6 Å². The number of β-lactam (4-membered cyclic amide) rings is 1. The highest BCUT2D eigenvalue weighted by molar-refractivity contribution is 8.03. The van der Waals surface area contributed by atoms with E-state index in [-0.39, 0.29) is 28.8 Å². The lowest BCUT2D eigenvalue weighted by atomic mass is 9.79. The Hall–Kier alpha value is -1.78. The van der Waals surface area contributed by atoms with Crippen LogP contribution in [0, 0.1) is 11.8 Å². The third-order valence-corrected chi connectivity index (χ3v) is 7.45. The van der Waals surface area contributed by atoms with Crippen molar-refractivity contribution in [2.75, 3.05) is 33.2 Å². The first-order valence-electron chi connectivity index (χ1n) is 9.69. The number of aliphatic hydroxyl groups excluding tert-OH is 1. The summed E-state index contributed by atoms with van der Waals surface area (Å²) in [6, 6.07) is 0.0650. The van der Waals surface area contributed by atoms with Crippen molar-refractivity contribution in [3.63, 3.8) is 0 Å². The number of amides is 1. The number of aliphatic carboxylic acids is 1. The number of carbonyl (C=O) groups is 2. The van der Waals surface area contributed by atoms with Crippen LogP contribution in [0.4, 0.5) is 0 Å². The molecule has 2 saturated heterocycles. The SMILES string of the molecule is CNCC1CN=C(N2CC(SC3=C(C(=O)O)N4C(=O)[C@H]([C@@H](C)O)[C@H]4[C@H]3C)C2)N1. The molecular formula is C18H27N5O4S. The average molecular weight is 410 g/mol. The van der Waals surface area contributed by atoms with Crippen LogP contribution in [0.15, 0.2) is 15.6 Å². The van der Waals surface area contributed by atoms with Gasteiger partial charge in [0.25, 0.3) is 0 Å². The van der Waals surface area contributed by atoms with Gasteiger partial charge in [-0.15, -0.1) is 11.8 Å². The van der Waals surface area contributed by atoms with Crippen molar-refractivity contribution in [2.45, 2.75) is 37.3 Å². The van der Waals surface area contributed by atoms with Crippen LogP contribution in [-0.2, 0) is 9.59 Å². The molecule has 0 aliphatic carbocycles. The van der Waals surface area contributed by atoms with Gasteiger partial charge in [0.15, 0.2) is 5.96 Å². The lowest BCUT2D eigenvalue weighted by Gasteiger charge is -2.46. The minimum atomic E-state index is -1.07. The van der Waals surface area contributed by atoms with E-state index in [9.17, 15) is 19.8 Å². The van der Waals surface area contributed by atoms with Crippen LogP contribution in [-0.4, -0.2) is 94.5 Å². The molecule has 9 nitrogen and oxygen atoms in total. The van der Waals surface area contributed by atoms with Gasteiger partial charge in [0.1, 0.15) is 5.70 Å². The predicted octanol–water partition coefficient (Wildman–Crippen LogP) is -0.895. The number of fused-ring (bicyclic) bond motifs is 1. The number of nitrogens with zero attached hydrogens (tertiary/aromatic N) is 3. The number of nitrogens with one attached hydrogen (secondary N) is 2. The number of likely N-dealkylation sites (N-methyl/N-ethyl adjacent to an activating group) is 1. The standard InChI is InChI=1S/C18H27N5O4S/c1-8-13-12(9(2)24)16(25)23(13)14(17(26)27)15(8)28-11-6-22(7-11)18-20-5-10(21-18)4-19-3/h8-13,19,24H,4-7H2,1-3H3,(H,20,21)(H,26,27)/t8-,9-,10?,12-,13-/m1/s1. The zero-order chi connectivity index (χ0) is 20.2. The van der Waals surface area contributed by atoms with Crippen LogP contribution in [0.5, 0.6) is 0 Å². The molecule has 2 fully saturated rings. The molecule has 4 heterocycles. The zero-order valence-electron chi connectivity index (χ0n) is 16.3. The first-order chi connectivity index (χ1) is 13.3. The van der Waals surface area contributed by atoms with Gasteiger partial charge in [0, 0.05) is 35.7 Å². The van der Waals surface area contributed by atoms with E-state index >= 15 is 0 Å². The molecule has 0 aromatic carbocycles. The Kier molecular flexibility index (Phi) is 5.05. The van der Waals surface area contributed by atoms with Crippen LogP contribution in [0.1, 0.15) is 13.8 Å². The second-order valence-corrected chi connectivity index (χ2v) is 9.32. The summed E-state index contributed by atoms with van der Waals surface area (Å²) in [5.41, 5.74) is 0.105. The molecule has 0 bridgehead atoms. The van der Waals surface area contributed by atoms with Crippen LogP contribution in [0.3, 0.4) is 0 Å². The van der Waals surface area contributed by atoms with Crippen molar-refractivity contribution in [3.05, 3.63) is 10.6 Å². The Bertz CT molecular complexity index is 748. The maximum absolute atomic E-state index is 12.4. The second kappa shape index (κ2) is 7.23. The molecule has 0 aromatic heterocycles. The van der Waals surface area contributed by atoms with E-state index in [2.05, 4.69) is 20.5 Å². The van der Waals surface area contributed by atoms with Crippen LogP contribution < -0.4 is 10.6 Å². The summed E-state index contributed by atoms with van der Waals surface area (Å²) in [5, 5.41) is 26.4. The number of thioether (sulfide) groups is 1. The van der Waals surface area contributed by atoms with E-state index in [1.807, 2.05) is 14.0 Å². The number of carbonyl (C=O) groups excluding carboxylic acids is 1. The van der Waals surface area contributed by atoms with Gasteiger partial charge in [-0.1, -0.05) is 6.92 Å². The maximum atomic E-state index is 12.4. The first-order valence-corrected chi connectivity index (χ1v) is 10.6. The molecule has 4 rings (SSSR count). The number of carboxylic acids is 1. The summed E-state index contributed by atoms with van der Waals surface area (Å²) in [6.45, 7) is 6.77. The topological polar surface area (TPSA) is 118 Å². The molecule has 5 atom stereocenters. The fourth-order valence-corrected chi connectivity index (χ4v) is 6.09. The second-order valence-electron chi connectivity index (χ2n) is 7.98. The first kappa shape index (κ1) is 19.5. The Labute approximate surface area is 168 Å². The average Bonchev–Trinajstić information content (AvgIpc) is 3.12. The molecule has 1 amide bonds. The van der Waals surface area contributed by atoms with Gasteiger partial charge in [0.05, 0.1) is 30.7 Å². The Morgan fingerprint density at radius 2 is 2.18 bits per heavy atom. The third kappa shape index (κ3) is 2.98. The number of rotatable bonds is 6. The molecule has 10 heteroatoms.